The smallest absolute Gasteiger partial charge is 0.250 e. The van der Waals surface area contributed by atoms with Crippen LogP contribution < -0.4 is 0 Å². The van der Waals surface area contributed by atoms with Crippen LogP contribution in [0.1, 0.15) is 42.5 Å². The quantitative estimate of drug-likeness (QED) is 0.888. The SMILES string of the molecule is Cc1[nH]c(C)c(S(=O)(=O)N2CCOCC2)c1-c1nnc(C2CCC2)o1. The molecule has 3 heterocycles. The Morgan fingerprint density at radius 2 is 1.84 bits per heavy atom. The van der Waals surface area contributed by atoms with E-state index in [2.05, 4.69) is 15.2 Å². The molecule has 0 radical (unpaired) electrons. The molecule has 1 saturated carbocycles. The summed E-state index contributed by atoms with van der Waals surface area (Å²) in [5.74, 6) is 1.19. The standard InChI is InChI=1S/C16H22N4O4S/c1-10-13(16-19-18-15(24-16)12-4-3-5-12)14(11(2)17-10)25(21,22)20-6-8-23-9-7-20/h12,17H,3-9H2,1-2H3. The number of hydrogen-bond donors (Lipinski definition) is 1. The summed E-state index contributed by atoms with van der Waals surface area (Å²) in [5, 5.41) is 8.28. The van der Waals surface area contributed by atoms with Gasteiger partial charge in [0.1, 0.15) is 4.90 Å². The van der Waals surface area contributed by atoms with Crippen molar-refractivity contribution >= 4 is 10.0 Å². The van der Waals surface area contributed by atoms with E-state index in [4.69, 9.17) is 9.15 Å². The van der Waals surface area contributed by atoms with Crippen LogP contribution in [-0.2, 0) is 14.8 Å². The number of ether oxygens (including phenoxy) is 1. The van der Waals surface area contributed by atoms with Gasteiger partial charge in [0.2, 0.25) is 15.9 Å². The van der Waals surface area contributed by atoms with Gasteiger partial charge in [-0.1, -0.05) is 6.42 Å². The van der Waals surface area contributed by atoms with E-state index in [9.17, 15) is 8.42 Å². The van der Waals surface area contributed by atoms with Crippen molar-refractivity contribution in [3.05, 3.63) is 17.3 Å². The molecule has 2 aromatic rings. The topological polar surface area (TPSA) is 101 Å². The maximum Gasteiger partial charge on any atom is 0.250 e. The molecule has 0 unspecified atom stereocenters. The van der Waals surface area contributed by atoms with Crippen molar-refractivity contribution in [2.45, 2.75) is 43.9 Å². The average molecular weight is 366 g/mol. The molecule has 8 nitrogen and oxygen atoms in total. The first-order valence-corrected chi connectivity index (χ1v) is 10.0. The van der Waals surface area contributed by atoms with E-state index in [0.717, 1.165) is 12.8 Å². The van der Waals surface area contributed by atoms with Crippen LogP contribution in [0.25, 0.3) is 11.5 Å². The summed E-state index contributed by atoms with van der Waals surface area (Å²) in [7, 11) is -3.66. The number of morpholine rings is 1. The molecule has 1 aliphatic carbocycles. The fourth-order valence-electron chi connectivity index (χ4n) is 3.41. The zero-order chi connectivity index (χ0) is 17.6. The fraction of sp³-hybridized carbons (Fsp3) is 0.625. The highest BCUT2D eigenvalue weighted by Gasteiger charge is 2.35. The lowest BCUT2D eigenvalue weighted by Crippen LogP contribution is -2.40. The number of H-pyrrole nitrogens is 1. The van der Waals surface area contributed by atoms with E-state index >= 15 is 0 Å². The molecule has 0 atom stereocenters. The third-order valence-electron chi connectivity index (χ3n) is 4.99. The molecule has 136 valence electrons. The Bertz CT molecular complexity index is 876. The van der Waals surface area contributed by atoms with Gasteiger partial charge in [-0.05, 0) is 26.7 Å². The summed E-state index contributed by atoms with van der Waals surface area (Å²) in [6.45, 7) is 5.10. The van der Waals surface area contributed by atoms with Crippen molar-refractivity contribution in [1.29, 1.82) is 0 Å². The van der Waals surface area contributed by atoms with Gasteiger partial charge in [-0.15, -0.1) is 10.2 Å². The predicted octanol–water partition coefficient (Wildman–Crippen LogP) is 1.97. The number of aromatic amines is 1. The van der Waals surface area contributed by atoms with Crippen molar-refractivity contribution in [2.24, 2.45) is 0 Å². The highest BCUT2D eigenvalue weighted by atomic mass is 32.2. The summed E-state index contributed by atoms with van der Waals surface area (Å²) >= 11 is 0. The summed E-state index contributed by atoms with van der Waals surface area (Å²) in [6.07, 6.45) is 3.26. The Morgan fingerprint density at radius 3 is 2.48 bits per heavy atom. The van der Waals surface area contributed by atoms with Gasteiger partial charge >= 0.3 is 0 Å². The lowest BCUT2D eigenvalue weighted by Gasteiger charge is -2.26. The molecule has 0 spiro atoms. The fourth-order valence-corrected chi connectivity index (χ4v) is 5.23. The summed E-state index contributed by atoms with van der Waals surface area (Å²) in [4.78, 5) is 3.35. The minimum Gasteiger partial charge on any atom is -0.420 e. The molecule has 0 bridgehead atoms. The molecule has 25 heavy (non-hydrogen) atoms. The number of nitrogens with zero attached hydrogens (tertiary/aromatic N) is 3. The Morgan fingerprint density at radius 1 is 1.12 bits per heavy atom. The van der Waals surface area contributed by atoms with Crippen LogP contribution in [0.5, 0.6) is 0 Å². The van der Waals surface area contributed by atoms with Gasteiger partial charge in [-0.2, -0.15) is 4.31 Å². The Kier molecular flexibility index (Phi) is 4.17. The third-order valence-corrected chi connectivity index (χ3v) is 7.07. The second-order valence-electron chi connectivity index (χ2n) is 6.67. The van der Waals surface area contributed by atoms with Crippen molar-refractivity contribution in [3.63, 3.8) is 0 Å². The monoisotopic (exact) mass is 366 g/mol. The van der Waals surface area contributed by atoms with Crippen molar-refractivity contribution in [2.75, 3.05) is 26.3 Å². The Hall–Kier alpha value is -1.71. The van der Waals surface area contributed by atoms with Crippen LogP contribution in [0.2, 0.25) is 0 Å². The minimum absolute atomic E-state index is 0.232. The number of sulfonamides is 1. The van der Waals surface area contributed by atoms with Gasteiger partial charge in [0.15, 0.2) is 0 Å². The molecule has 1 aliphatic heterocycles. The molecular weight excluding hydrogens is 344 g/mol. The summed E-state index contributed by atoms with van der Waals surface area (Å²) in [6, 6.07) is 0. The minimum atomic E-state index is -3.66. The lowest BCUT2D eigenvalue weighted by molar-refractivity contribution is 0.0730. The van der Waals surface area contributed by atoms with Crippen LogP contribution in [0, 0.1) is 13.8 Å². The van der Waals surface area contributed by atoms with Gasteiger partial charge < -0.3 is 14.1 Å². The molecule has 0 amide bonds. The van der Waals surface area contributed by atoms with E-state index in [1.54, 1.807) is 6.92 Å². The van der Waals surface area contributed by atoms with Gasteiger partial charge in [0.25, 0.3) is 5.89 Å². The zero-order valence-corrected chi connectivity index (χ0v) is 15.2. The maximum absolute atomic E-state index is 13.2. The number of nitrogens with one attached hydrogen (secondary N) is 1. The average Bonchev–Trinajstić information content (AvgIpc) is 3.11. The van der Waals surface area contributed by atoms with E-state index in [0.29, 0.717) is 55.1 Å². The van der Waals surface area contributed by atoms with E-state index in [1.807, 2.05) is 6.92 Å². The number of aryl methyl sites for hydroxylation is 2. The molecule has 2 aromatic heterocycles. The lowest BCUT2D eigenvalue weighted by atomic mass is 9.85. The largest absolute Gasteiger partial charge is 0.420 e. The zero-order valence-electron chi connectivity index (χ0n) is 14.4. The molecule has 1 N–H and O–H groups in total. The summed E-state index contributed by atoms with van der Waals surface area (Å²) in [5.41, 5.74) is 1.79. The molecule has 9 heteroatoms. The summed E-state index contributed by atoms with van der Waals surface area (Å²) < 4.78 is 38.9. The molecule has 4 rings (SSSR count). The molecule has 2 fully saturated rings. The van der Waals surface area contributed by atoms with Crippen LogP contribution in [0.4, 0.5) is 0 Å². The van der Waals surface area contributed by atoms with E-state index < -0.39 is 10.0 Å². The number of aromatic nitrogens is 3. The Labute approximate surface area is 146 Å². The normalized spacial score (nSPS) is 19.9. The van der Waals surface area contributed by atoms with Gasteiger partial charge in [0, 0.05) is 30.4 Å². The molecular formula is C16H22N4O4S. The number of hydrogen-bond acceptors (Lipinski definition) is 6. The highest BCUT2D eigenvalue weighted by molar-refractivity contribution is 7.89. The highest BCUT2D eigenvalue weighted by Crippen LogP contribution is 2.39. The van der Waals surface area contributed by atoms with Gasteiger partial charge in [-0.25, -0.2) is 8.42 Å². The first-order valence-electron chi connectivity index (χ1n) is 8.59. The maximum atomic E-state index is 13.2. The second-order valence-corrected chi connectivity index (χ2v) is 8.54. The van der Waals surface area contributed by atoms with Crippen molar-refractivity contribution in [1.82, 2.24) is 19.5 Å². The first kappa shape index (κ1) is 16.7. The van der Waals surface area contributed by atoms with Crippen molar-refractivity contribution < 1.29 is 17.6 Å². The van der Waals surface area contributed by atoms with Crippen molar-refractivity contribution in [3.8, 4) is 11.5 Å². The molecule has 2 aliphatic rings. The van der Waals surface area contributed by atoms with Crippen LogP contribution >= 0.6 is 0 Å². The van der Waals surface area contributed by atoms with E-state index in [1.165, 1.54) is 10.7 Å². The molecule has 1 saturated heterocycles. The number of rotatable bonds is 4. The second kappa shape index (κ2) is 6.22. The van der Waals surface area contributed by atoms with Crippen LogP contribution in [-0.4, -0.2) is 54.2 Å². The van der Waals surface area contributed by atoms with Gasteiger partial charge in [-0.3, -0.25) is 0 Å². The van der Waals surface area contributed by atoms with Crippen LogP contribution in [0.3, 0.4) is 0 Å². The first-order chi connectivity index (χ1) is 12.0. The Balaban J connectivity index is 1.77. The molecule has 0 aromatic carbocycles. The predicted molar refractivity (Wildman–Crippen MR) is 89.7 cm³/mol. The third kappa shape index (κ3) is 2.80. The van der Waals surface area contributed by atoms with E-state index in [-0.39, 0.29) is 10.8 Å². The van der Waals surface area contributed by atoms with Crippen LogP contribution in [0.15, 0.2) is 9.31 Å². The van der Waals surface area contributed by atoms with Gasteiger partial charge in [0.05, 0.1) is 18.8 Å².